The van der Waals surface area contributed by atoms with Crippen molar-refractivity contribution in [2.45, 2.75) is 25.8 Å². The molecular formula is C12H16FN3O. The molecule has 1 fully saturated rings. The molecule has 0 spiro atoms. The zero-order valence-corrected chi connectivity index (χ0v) is 9.74. The molecule has 0 radical (unpaired) electrons. The number of pyridine rings is 1. The molecule has 2 rings (SSSR count). The summed E-state index contributed by atoms with van der Waals surface area (Å²) in [5.74, 6) is -0.0170. The average Bonchev–Trinajstić information content (AvgIpc) is 2.32. The Morgan fingerprint density at radius 2 is 2.41 bits per heavy atom. The molecule has 17 heavy (non-hydrogen) atoms. The molecule has 92 valence electrons. The smallest absolute Gasteiger partial charge is 0.228 e. The molecule has 2 atom stereocenters. The van der Waals surface area contributed by atoms with E-state index in [1.807, 2.05) is 0 Å². The summed E-state index contributed by atoms with van der Waals surface area (Å²) in [6.07, 6.45) is 2.76. The normalized spacial score (nSPS) is 24.4. The van der Waals surface area contributed by atoms with Gasteiger partial charge in [-0.2, -0.15) is 0 Å². The van der Waals surface area contributed by atoms with Crippen molar-refractivity contribution in [3.05, 3.63) is 24.1 Å². The molecule has 4 nitrogen and oxygen atoms in total. The first-order valence-corrected chi connectivity index (χ1v) is 5.81. The fraction of sp³-hybridized carbons (Fsp3) is 0.500. The summed E-state index contributed by atoms with van der Waals surface area (Å²) in [4.78, 5) is 15.7. The van der Waals surface area contributed by atoms with E-state index < -0.39 is 5.82 Å². The van der Waals surface area contributed by atoms with Crippen molar-refractivity contribution in [1.82, 2.24) is 10.3 Å². The van der Waals surface area contributed by atoms with Crippen LogP contribution in [0.5, 0.6) is 0 Å². The monoisotopic (exact) mass is 237 g/mol. The van der Waals surface area contributed by atoms with Crippen LogP contribution in [0.25, 0.3) is 0 Å². The second-order valence-electron chi connectivity index (χ2n) is 4.43. The molecule has 1 aliphatic rings. The third-order valence-corrected chi connectivity index (χ3v) is 2.97. The van der Waals surface area contributed by atoms with Gasteiger partial charge in [0.2, 0.25) is 5.91 Å². The first-order valence-electron chi connectivity index (χ1n) is 5.81. The summed E-state index contributed by atoms with van der Waals surface area (Å²) in [6, 6.07) is 3.12. The molecule has 1 aromatic heterocycles. The molecule has 2 heterocycles. The average molecular weight is 237 g/mol. The van der Waals surface area contributed by atoms with E-state index >= 15 is 0 Å². The van der Waals surface area contributed by atoms with Crippen molar-refractivity contribution in [3.63, 3.8) is 0 Å². The molecule has 1 saturated heterocycles. The summed E-state index contributed by atoms with van der Waals surface area (Å²) in [5, 5.41) is 6.01. The van der Waals surface area contributed by atoms with E-state index in [-0.39, 0.29) is 11.8 Å². The summed E-state index contributed by atoms with van der Waals surface area (Å²) in [6.45, 7) is 2.92. The van der Waals surface area contributed by atoms with Crippen molar-refractivity contribution in [1.29, 1.82) is 0 Å². The number of nitrogens with one attached hydrogen (secondary N) is 2. The highest BCUT2D eigenvalue weighted by Crippen LogP contribution is 2.17. The van der Waals surface area contributed by atoms with E-state index in [2.05, 4.69) is 22.5 Å². The Morgan fingerprint density at radius 1 is 1.59 bits per heavy atom. The fourth-order valence-corrected chi connectivity index (χ4v) is 2.05. The summed E-state index contributed by atoms with van der Waals surface area (Å²) >= 11 is 0. The molecule has 1 amide bonds. The van der Waals surface area contributed by atoms with Crippen LogP contribution in [0.4, 0.5) is 10.2 Å². The predicted octanol–water partition coefficient (Wildman–Crippen LogP) is 1.55. The third kappa shape index (κ3) is 3.23. The highest BCUT2D eigenvalue weighted by Gasteiger charge is 2.24. The number of anilines is 1. The lowest BCUT2D eigenvalue weighted by Crippen LogP contribution is -2.40. The van der Waals surface area contributed by atoms with Gasteiger partial charge in [0.05, 0.1) is 6.20 Å². The maximum absolute atomic E-state index is 12.6. The highest BCUT2D eigenvalue weighted by molar-refractivity contribution is 5.91. The van der Waals surface area contributed by atoms with Crippen LogP contribution in [0.2, 0.25) is 0 Å². The Kier molecular flexibility index (Phi) is 3.68. The first kappa shape index (κ1) is 12.0. The van der Waals surface area contributed by atoms with Gasteiger partial charge in [0.15, 0.2) is 0 Å². The van der Waals surface area contributed by atoms with Gasteiger partial charge < -0.3 is 10.6 Å². The molecule has 5 heteroatoms. The number of carbonyl (C=O) groups excluding carboxylic acids is 1. The standard InChI is InChI=1S/C12H16FN3O/c1-8-6-9(4-5-14-8)12(17)16-11-3-2-10(13)7-15-11/h2-3,7-9,14H,4-6H2,1H3,(H,15,16,17)/t8-,9-/m0/s1. The van der Waals surface area contributed by atoms with Crippen LogP contribution in [0.3, 0.4) is 0 Å². The molecule has 0 saturated carbocycles. The van der Waals surface area contributed by atoms with Gasteiger partial charge >= 0.3 is 0 Å². The van der Waals surface area contributed by atoms with Gasteiger partial charge in [-0.15, -0.1) is 0 Å². The maximum atomic E-state index is 12.6. The van der Waals surface area contributed by atoms with Crippen LogP contribution in [0.15, 0.2) is 18.3 Å². The summed E-state index contributed by atoms with van der Waals surface area (Å²) in [5.41, 5.74) is 0. The molecule has 2 N–H and O–H groups in total. The van der Waals surface area contributed by atoms with E-state index in [0.29, 0.717) is 11.9 Å². The van der Waals surface area contributed by atoms with Crippen molar-refractivity contribution >= 4 is 11.7 Å². The molecule has 0 aromatic carbocycles. The van der Waals surface area contributed by atoms with Gasteiger partial charge in [0.25, 0.3) is 0 Å². The topological polar surface area (TPSA) is 54.0 Å². The Balaban J connectivity index is 1.94. The van der Waals surface area contributed by atoms with Gasteiger partial charge in [0.1, 0.15) is 11.6 Å². The minimum atomic E-state index is -0.404. The van der Waals surface area contributed by atoms with Crippen LogP contribution in [0, 0.1) is 11.7 Å². The highest BCUT2D eigenvalue weighted by atomic mass is 19.1. The molecule has 0 bridgehead atoms. The zero-order valence-electron chi connectivity index (χ0n) is 9.74. The minimum absolute atomic E-state index is 0.0121. The molecule has 0 unspecified atom stereocenters. The predicted molar refractivity (Wildman–Crippen MR) is 63.0 cm³/mol. The number of rotatable bonds is 2. The van der Waals surface area contributed by atoms with E-state index in [4.69, 9.17) is 0 Å². The van der Waals surface area contributed by atoms with Gasteiger partial charge in [-0.3, -0.25) is 4.79 Å². The number of hydrogen-bond acceptors (Lipinski definition) is 3. The molecule has 1 aliphatic heterocycles. The second kappa shape index (κ2) is 5.23. The maximum Gasteiger partial charge on any atom is 0.228 e. The molecular weight excluding hydrogens is 221 g/mol. The number of halogens is 1. The Morgan fingerprint density at radius 3 is 3.06 bits per heavy atom. The zero-order chi connectivity index (χ0) is 12.3. The SMILES string of the molecule is C[C@H]1C[C@@H](C(=O)Nc2ccc(F)cn2)CCN1. The number of nitrogens with zero attached hydrogens (tertiary/aromatic N) is 1. The number of aromatic nitrogens is 1. The lowest BCUT2D eigenvalue weighted by Gasteiger charge is -2.26. The fourth-order valence-electron chi connectivity index (χ4n) is 2.05. The quantitative estimate of drug-likeness (QED) is 0.820. The van der Waals surface area contributed by atoms with Crippen molar-refractivity contribution in [2.75, 3.05) is 11.9 Å². The largest absolute Gasteiger partial charge is 0.314 e. The van der Waals surface area contributed by atoms with Crippen LogP contribution in [0.1, 0.15) is 19.8 Å². The first-order chi connectivity index (χ1) is 8.15. The third-order valence-electron chi connectivity index (χ3n) is 2.97. The van der Waals surface area contributed by atoms with Gasteiger partial charge in [-0.1, -0.05) is 0 Å². The van der Waals surface area contributed by atoms with Gasteiger partial charge in [-0.05, 0) is 38.4 Å². The van der Waals surface area contributed by atoms with Crippen molar-refractivity contribution in [3.8, 4) is 0 Å². The lowest BCUT2D eigenvalue weighted by molar-refractivity contribution is -0.120. The molecule has 1 aromatic rings. The number of piperidine rings is 1. The van der Waals surface area contributed by atoms with Gasteiger partial charge in [-0.25, -0.2) is 9.37 Å². The lowest BCUT2D eigenvalue weighted by atomic mass is 9.92. The van der Waals surface area contributed by atoms with Crippen LogP contribution < -0.4 is 10.6 Å². The van der Waals surface area contributed by atoms with E-state index in [1.165, 1.54) is 12.1 Å². The summed E-state index contributed by atoms with van der Waals surface area (Å²) in [7, 11) is 0. The van der Waals surface area contributed by atoms with Crippen LogP contribution in [-0.2, 0) is 4.79 Å². The van der Waals surface area contributed by atoms with E-state index in [0.717, 1.165) is 25.6 Å². The van der Waals surface area contributed by atoms with Crippen LogP contribution in [-0.4, -0.2) is 23.5 Å². The van der Waals surface area contributed by atoms with E-state index in [9.17, 15) is 9.18 Å². The van der Waals surface area contributed by atoms with Crippen molar-refractivity contribution in [2.24, 2.45) is 5.92 Å². The second-order valence-corrected chi connectivity index (χ2v) is 4.43. The number of amides is 1. The minimum Gasteiger partial charge on any atom is -0.314 e. The van der Waals surface area contributed by atoms with Crippen molar-refractivity contribution < 1.29 is 9.18 Å². The molecule has 0 aliphatic carbocycles. The Labute approximate surface area is 99.6 Å². The summed E-state index contributed by atoms with van der Waals surface area (Å²) < 4.78 is 12.6. The Hall–Kier alpha value is -1.49. The number of carbonyl (C=O) groups is 1. The Bertz CT molecular complexity index is 393. The van der Waals surface area contributed by atoms with Gasteiger partial charge in [0, 0.05) is 12.0 Å². The number of hydrogen-bond donors (Lipinski definition) is 2. The van der Waals surface area contributed by atoms with Crippen LogP contribution >= 0.6 is 0 Å². The van der Waals surface area contributed by atoms with E-state index in [1.54, 1.807) is 0 Å².